The number of carbonyl (C=O) groups is 1. The maximum Gasteiger partial charge on any atom is 0.259 e. The van der Waals surface area contributed by atoms with Crippen LogP contribution in [0.5, 0.6) is 11.5 Å². The van der Waals surface area contributed by atoms with Gasteiger partial charge in [0, 0.05) is 0 Å². The summed E-state index contributed by atoms with van der Waals surface area (Å²) in [5.41, 5.74) is 0.652. The standard InChI is InChI=1S/C16H16FNO3/c1-3-21-15-7-5-4-6-13(15)18-16(19)12-10-11(17)8-9-14(12)20-2/h4-10H,3H2,1-2H3,(H,18,19). The summed E-state index contributed by atoms with van der Waals surface area (Å²) in [6, 6.07) is 10.8. The van der Waals surface area contributed by atoms with Crippen LogP contribution in [-0.2, 0) is 0 Å². The van der Waals surface area contributed by atoms with E-state index in [4.69, 9.17) is 9.47 Å². The van der Waals surface area contributed by atoms with E-state index in [0.717, 1.165) is 6.07 Å². The monoisotopic (exact) mass is 289 g/mol. The van der Waals surface area contributed by atoms with Crippen LogP contribution < -0.4 is 14.8 Å². The Morgan fingerprint density at radius 3 is 2.67 bits per heavy atom. The predicted octanol–water partition coefficient (Wildman–Crippen LogP) is 3.49. The highest BCUT2D eigenvalue weighted by atomic mass is 19.1. The summed E-state index contributed by atoms with van der Waals surface area (Å²) in [6.07, 6.45) is 0. The van der Waals surface area contributed by atoms with Crippen LogP contribution in [0, 0.1) is 5.82 Å². The molecule has 0 atom stereocenters. The van der Waals surface area contributed by atoms with Gasteiger partial charge in [0.15, 0.2) is 0 Å². The van der Waals surface area contributed by atoms with Gasteiger partial charge in [0.1, 0.15) is 17.3 Å². The van der Waals surface area contributed by atoms with Gasteiger partial charge in [0.2, 0.25) is 0 Å². The molecule has 21 heavy (non-hydrogen) atoms. The SMILES string of the molecule is CCOc1ccccc1NC(=O)c1cc(F)ccc1OC. The third kappa shape index (κ3) is 3.51. The molecule has 5 heteroatoms. The number of nitrogens with one attached hydrogen (secondary N) is 1. The molecule has 0 radical (unpaired) electrons. The van der Waals surface area contributed by atoms with Crippen molar-refractivity contribution in [3.63, 3.8) is 0 Å². The number of benzene rings is 2. The van der Waals surface area contributed by atoms with E-state index in [-0.39, 0.29) is 5.56 Å². The largest absolute Gasteiger partial charge is 0.496 e. The van der Waals surface area contributed by atoms with Crippen LogP contribution in [0.3, 0.4) is 0 Å². The minimum Gasteiger partial charge on any atom is -0.496 e. The van der Waals surface area contributed by atoms with Gasteiger partial charge in [-0.2, -0.15) is 0 Å². The number of para-hydroxylation sites is 2. The molecule has 2 aromatic rings. The fraction of sp³-hybridized carbons (Fsp3) is 0.188. The second kappa shape index (κ2) is 6.74. The fourth-order valence-electron chi connectivity index (χ4n) is 1.90. The quantitative estimate of drug-likeness (QED) is 0.916. The Morgan fingerprint density at radius 1 is 1.19 bits per heavy atom. The van der Waals surface area contributed by atoms with E-state index < -0.39 is 11.7 Å². The number of amides is 1. The second-order valence-electron chi connectivity index (χ2n) is 4.23. The minimum atomic E-state index is -0.501. The van der Waals surface area contributed by atoms with Crippen LogP contribution in [-0.4, -0.2) is 19.6 Å². The molecule has 1 amide bonds. The van der Waals surface area contributed by atoms with Crippen LogP contribution >= 0.6 is 0 Å². The molecule has 0 saturated carbocycles. The zero-order chi connectivity index (χ0) is 15.2. The first kappa shape index (κ1) is 14.8. The molecular weight excluding hydrogens is 273 g/mol. The number of hydrogen-bond acceptors (Lipinski definition) is 3. The molecule has 0 heterocycles. The van der Waals surface area contributed by atoms with Crippen LogP contribution in [0.25, 0.3) is 0 Å². The molecule has 2 rings (SSSR count). The highest BCUT2D eigenvalue weighted by Gasteiger charge is 2.15. The first-order valence-electron chi connectivity index (χ1n) is 6.52. The van der Waals surface area contributed by atoms with E-state index >= 15 is 0 Å². The Morgan fingerprint density at radius 2 is 1.95 bits per heavy atom. The van der Waals surface area contributed by atoms with Gasteiger partial charge in [-0.05, 0) is 37.3 Å². The smallest absolute Gasteiger partial charge is 0.259 e. The molecule has 0 unspecified atom stereocenters. The van der Waals surface area contributed by atoms with Crippen LogP contribution in [0.15, 0.2) is 42.5 Å². The highest BCUT2D eigenvalue weighted by Crippen LogP contribution is 2.26. The van der Waals surface area contributed by atoms with Crippen molar-refractivity contribution in [2.45, 2.75) is 6.92 Å². The molecule has 4 nitrogen and oxygen atoms in total. The second-order valence-corrected chi connectivity index (χ2v) is 4.23. The third-order valence-corrected chi connectivity index (χ3v) is 2.84. The van der Waals surface area contributed by atoms with Crippen molar-refractivity contribution in [1.82, 2.24) is 0 Å². The molecule has 2 aromatic carbocycles. The molecule has 1 N–H and O–H groups in total. The minimum absolute atomic E-state index is 0.129. The molecular formula is C16H16FNO3. The lowest BCUT2D eigenvalue weighted by atomic mass is 10.1. The van der Waals surface area contributed by atoms with Crippen molar-refractivity contribution in [2.75, 3.05) is 19.0 Å². The Hall–Kier alpha value is -2.56. The summed E-state index contributed by atoms with van der Waals surface area (Å²) in [4.78, 5) is 12.3. The van der Waals surface area contributed by atoms with Crippen LogP contribution in [0.1, 0.15) is 17.3 Å². The molecule has 110 valence electrons. The van der Waals surface area contributed by atoms with Crippen LogP contribution in [0.4, 0.5) is 10.1 Å². The van der Waals surface area contributed by atoms with Gasteiger partial charge < -0.3 is 14.8 Å². The summed E-state index contributed by atoms with van der Waals surface area (Å²) in [5, 5.41) is 2.70. The molecule has 0 saturated heterocycles. The van der Waals surface area contributed by atoms with Crippen molar-refractivity contribution in [1.29, 1.82) is 0 Å². The lowest BCUT2D eigenvalue weighted by Gasteiger charge is -2.12. The number of anilines is 1. The van der Waals surface area contributed by atoms with E-state index in [1.54, 1.807) is 18.2 Å². The van der Waals surface area contributed by atoms with Gasteiger partial charge in [-0.1, -0.05) is 12.1 Å². The molecule has 0 aliphatic rings. The first-order chi connectivity index (χ1) is 10.2. The Bertz CT molecular complexity index is 643. The average Bonchev–Trinajstić information content (AvgIpc) is 2.49. The maximum absolute atomic E-state index is 13.3. The molecule has 0 aromatic heterocycles. The van der Waals surface area contributed by atoms with Gasteiger partial charge >= 0.3 is 0 Å². The summed E-state index contributed by atoms with van der Waals surface area (Å²) in [7, 11) is 1.43. The van der Waals surface area contributed by atoms with E-state index in [9.17, 15) is 9.18 Å². The lowest BCUT2D eigenvalue weighted by molar-refractivity contribution is 0.102. The number of methoxy groups -OCH3 is 1. The fourth-order valence-corrected chi connectivity index (χ4v) is 1.90. The number of hydrogen-bond donors (Lipinski definition) is 1. The third-order valence-electron chi connectivity index (χ3n) is 2.84. The first-order valence-corrected chi connectivity index (χ1v) is 6.52. The number of carbonyl (C=O) groups excluding carboxylic acids is 1. The van der Waals surface area contributed by atoms with E-state index in [2.05, 4.69) is 5.32 Å². The maximum atomic E-state index is 13.3. The average molecular weight is 289 g/mol. The summed E-state index contributed by atoms with van der Waals surface area (Å²) in [5.74, 6) is -0.0935. The zero-order valence-electron chi connectivity index (χ0n) is 11.9. The topological polar surface area (TPSA) is 47.6 Å². The van der Waals surface area contributed by atoms with Crippen molar-refractivity contribution < 1.29 is 18.7 Å². The molecule has 0 bridgehead atoms. The van der Waals surface area contributed by atoms with Crippen molar-refractivity contribution >= 4 is 11.6 Å². The summed E-state index contributed by atoms with van der Waals surface area (Å²) < 4.78 is 23.8. The van der Waals surface area contributed by atoms with Crippen molar-refractivity contribution in [3.05, 3.63) is 53.8 Å². The van der Waals surface area contributed by atoms with Gasteiger partial charge in [0.05, 0.1) is 25.0 Å². The van der Waals surface area contributed by atoms with E-state index in [1.807, 2.05) is 13.0 Å². The summed E-state index contributed by atoms with van der Waals surface area (Å²) >= 11 is 0. The van der Waals surface area contributed by atoms with Crippen molar-refractivity contribution in [3.8, 4) is 11.5 Å². The number of ether oxygens (including phenoxy) is 2. The summed E-state index contributed by atoms with van der Waals surface area (Å²) in [6.45, 7) is 2.34. The van der Waals surface area contributed by atoms with Crippen LogP contribution in [0.2, 0.25) is 0 Å². The van der Waals surface area contributed by atoms with E-state index in [0.29, 0.717) is 23.8 Å². The number of rotatable bonds is 5. The Balaban J connectivity index is 2.28. The Kier molecular flexibility index (Phi) is 4.77. The van der Waals surface area contributed by atoms with Crippen molar-refractivity contribution in [2.24, 2.45) is 0 Å². The van der Waals surface area contributed by atoms with Gasteiger partial charge in [-0.25, -0.2) is 4.39 Å². The van der Waals surface area contributed by atoms with Gasteiger partial charge in [-0.15, -0.1) is 0 Å². The molecule has 0 spiro atoms. The zero-order valence-corrected chi connectivity index (χ0v) is 11.9. The lowest BCUT2D eigenvalue weighted by Crippen LogP contribution is -2.14. The van der Waals surface area contributed by atoms with Gasteiger partial charge in [0.25, 0.3) is 5.91 Å². The number of halogens is 1. The molecule has 0 aliphatic heterocycles. The highest BCUT2D eigenvalue weighted by molar-refractivity contribution is 6.06. The van der Waals surface area contributed by atoms with Gasteiger partial charge in [-0.3, -0.25) is 4.79 Å². The molecule has 0 fully saturated rings. The predicted molar refractivity (Wildman–Crippen MR) is 78.5 cm³/mol. The Labute approximate surface area is 122 Å². The normalized spacial score (nSPS) is 10.0. The van der Waals surface area contributed by atoms with E-state index in [1.165, 1.54) is 19.2 Å². The molecule has 0 aliphatic carbocycles.